The average molecular weight is 437 g/mol. The molecule has 4 nitrogen and oxygen atoms in total. The highest BCUT2D eigenvalue weighted by atomic mass is 19.4. The normalized spacial score (nSPS) is 16.8. The van der Waals surface area contributed by atoms with Crippen molar-refractivity contribution in [3.8, 4) is 0 Å². The highest BCUT2D eigenvalue weighted by Gasteiger charge is 2.41. The third-order valence-electron chi connectivity index (χ3n) is 5.87. The van der Waals surface area contributed by atoms with E-state index >= 15 is 0 Å². The van der Waals surface area contributed by atoms with E-state index in [4.69, 9.17) is 0 Å². The Morgan fingerprint density at radius 3 is 2.52 bits per heavy atom. The lowest BCUT2D eigenvalue weighted by Gasteiger charge is -2.27. The number of nitrogens with zero attached hydrogens (tertiary/aromatic N) is 4. The predicted molar refractivity (Wildman–Crippen MR) is 120 cm³/mol. The van der Waals surface area contributed by atoms with Crippen molar-refractivity contribution in [2.24, 2.45) is 18.9 Å². The fourth-order valence-corrected chi connectivity index (χ4v) is 3.56. The van der Waals surface area contributed by atoms with Crippen LogP contribution in [0.2, 0.25) is 0 Å². The molecular weight excluding hydrogens is 401 g/mol. The molecule has 1 saturated carbocycles. The van der Waals surface area contributed by atoms with Crippen LogP contribution in [0.15, 0.2) is 42.2 Å². The maximum atomic E-state index is 14.2. The summed E-state index contributed by atoms with van der Waals surface area (Å²) in [5, 5.41) is 8.03. The molecule has 7 heteroatoms. The molecule has 1 aliphatic carbocycles. The Hall–Kier alpha value is -2.31. The zero-order valence-corrected chi connectivity index (χ0v) is 19.3. The Morgan fingerprint density at radius 2 is 1.97 bits per heavy atom. The zero-order chi connectivity index (χ0) is 23.2. The van der Waals surface area contributed by atoms with Gasteiger partial charge in [0.15, 0.2) is 5.82 Å². The molecule has 172 valence electrons. The van der Waals surface area contributed by atoms with Gasteiger partial charge in [-0.1, -0.05) is 50.3 Å². The summed E-state index contributed by atoms with van der Waals surface area (Å²) in [6.45, 7) is 10.3. The van der Waals surface area contributed by atoms with Gasteiger partial charge in [-0.3, -0.25) is 0 Å². The van der Waals surface area contributed by atoms with Gasteiger partial charge in [-0.05, 0) is 44.4 Å². The molecule has 0 bridgehead atoms. The van der Waals surface area contributed by atoms with Crippen molar-refractivity contribution >= 4 is 5.57 Å². The van der Waals surface area contributed by atoms with Crippen molar-refractivity contribution in [1.82, 2.24) is 19.7 Å². The Morgan fingerprint density at radius 1 is 1.29 bits per heavy atom. The highest BCUT2D eigenvalue weighted by Crippen LogP contribution is 2.38. The van der Waals surface area contributed by atoms with Crippen LogP contribution in [-0.2, 0) is 13.5 Å². The summed E-state index contributed by atoms with van der Waals surface area (Å²) < 4.78 is 44.0. The number of hydrogen-bond donors (Lipinski definition) is 0. The van der Waals surface area contributed by atoms with Gasteiger partial charge in [-0.25, -0.2) is 0 Å². The molecule has 0 N–H and O–H groups in total. The summed E-state index contributed by atoms with van der Waals surface area (Å²) in [4.78, 5) is 1.71. The molecule has 1 aromatic rings. The van der Waals surface area contributed by atoms with Crippen LogP contribution >= 0.6 is 0 Å². The van der Waals surface area contributed by atoms with E-state index < -0.39 is 11.7 Å². The largest absolute Gasteiger partial charge is 0.421 e. The molecule has 0 spiro atoms. The van der Waals surface area contributed by atoms with Gasteiger partial charge in [0.2, 0.25) is 0 Å². The number of hydrogen-bond acceptors (Lipinski definition) is 3. The van der Waals surface area contributed by atoms with Crippen molar-refractivity contribution in [2.75, 3.05) is 13.6 Å². The summed E-state index contributed by atoms with van der Waals surface area (Å²) in [7, 11) is 3.35. The molecule has 1 heterocycles. The minimum Gasteiger partial charge on any atom is -0.377 e. The molecule has 1 aromatic heterocycles. The minimum absolute atomic E-state index is 0.0985. The Bertz CT molecular complexity index is 841. The maximum absolute atomic E-state index is 14.2. The van der Waals surface area contributed by atoms with Crippen molar-refractivity contribution in [3.05, 3.63) is 53.8 Å². The zero-order valence-electron chi connectivity index (χ0n) is 19.3. The second kappa shape index (κ2) is 10.8. The molecule has 31 heavy (non-hydrogen) atoms. The van der Waals surface area contributed by atoms with E-state index in [0.717, 1.165) is 18.4 Å². The Balaban J connectivity index is 2.24. The first kappa shape index (κ1) is 25.0. The van der Waals surface area contributed by atoms with Crippen LogP contribution in [0.5, 0.6) is 0 Å². The smallest absolute Gasteiger partial charge is 0.377 e. The van der Waals surface area contributed by atoms with Crippen molar-refractivity contribution < 1.29 is 13.2 Å². The lowest BCUT2D eigenvalue weighted by molar-refractivity contribution is -0.0710. The molecule has 1 atom stereocenters. The van der Waals surface area contributed by atoms with Crippen LogP contribution < -0.4 is 0 Å². The summed E-state index contributed by atoms with van der Waals surface area (Å²) in [5.74, 6) is 1.21. The van der Waals surface area contributed by atoms with Crippen LogP contribution in [0.25, 0.3) is 5.57 Å². The lowest BCUT2D eigenvalue weighted by Crippen LogP contribution is -2.27. The molecule has 1 aliphatic rings. The lowest BCUT2D eigenvalue weighted by atomic mass is 9.98. The molecule has 0 aromatic carbocycles. The first-order valence-corrected chi connectivity index (χ1v) is 11.0. The van der Waals surface area contributed by atoms with Crippen molar-refractivity contribution in [2.45, 2.75) is 59.1 Å². The van der Waals surface area contributed by atoms with Gasteiger partial charge in [0.25, 0.3) is 0 Å². The van der Waals surface area contributed by atoms with Gasteiger partial charge in [0.1, 0.15) is 11.4 Å². The third kappa shape index (κ3) is 6.84. The van der Waals surface area contributed by atoms with Gasteiger partial charge in [0, 0.05) is 32.8 Å². The molecule has 0 radical (unpaired) electrons. The first-order valence-electron chi connectivity index (χ1n) is 11.0. The third-order valence-corrected chi connectivity index (χ3v) is 5.87. The summed E-state index contributed by atoms with van der Waals surface area (Å²) in [6, 6.07) is 0. The monoisotopic (exact) mass is 436 g/mol. The van der Waals surface area contributed by atoms with E-state index in [9.17, 15) is 13.2 Å². The highest BCUT2D eigenvalue weighted by molar-refractivity contribution is 5.67. The van der Waals surface area contributed by atoms with Gasteiger partial charge in [-0.15, -0.1) is 10.2 Å². The van der Waals surface area contributed by atoms with Gasteiger partial charge in [0.05, 0.1) is 0 Å². The standard InChI is InChI=1S/C24H35F3N4/c1-7-9-10-11-17(3)18(4)14-15-30(5)20(8-2)22(24(25,26)27)23-29-28-21(31(23)6)16-19-12-13-19/h7,9-11,18-19H,3,8,12-16H2,1-2,4-6H3/b9-7-,11-10-,22-20-. The molecule has 2 rings (SSSR count). The number of aromatic nitrogens is 3. The van der Waals surface area contributed by atoms with E-state index in [1.807, 2.05) is 38.2 Å². The number of halogens is 3. The SMILES string of the molecule is C=C(/C=C\C=C/C)C(C)CCN(C)/C(CC)=C(/c1nnc(CC2CC2)n1C)C(F)(F)F. The quantitative estimate of drug-likeness (QED) is 0.393. The number of rotatable bonds is 11. The van der Waals surface area contributed by atoms with E-state index in [0.29, 0.717) is 31.1 Å². The predicted octanol–water partition coefficient (Wildman–Crippen LogP) is 6.10. The summed E-state index contributed by atoms with van der Waals surface area (Å²) >= 11 is 0. The number of alkyl halides is 3. The molecule has 0 amide bonds. The fourth-order valence-electron chi connectivity index (χ4n) is 3.56. The maximum Gasteiger partial charge on any atom is 0.421 e. The van der Waals surface area contributed by atoms with Crippen LogP contribution in [-0.4, -0.2) is 39.4 Å². The molecule has 1 fully saturated rings. The molecular formula is C24H35F3N4. The molecule has 1 unspecified atom stereocenters. The second-order valence-electron chi connectivity index (χ2n) is 8.39. The fraction of sp³-hybridized carbons (Fsp3) is 0.583. The average Bonchev–Trinajstić information content (AvgIpc) is 3.46. The van der Waals surface area contributed by atoms with Crippen molar-refractivity contribution in [1.29, 1.82) is 0 Å². The van der Waals surface area contributed by atoms with Gasteiger partial charge < -0.3 is 9.47 Å². The Labute approximate surface area is 184 Å². The van der Waals surface area contributed by atoms with Crippen molar-refractivity contribution in [3.63, 3.8) is 0 Å². The topological polar surface area (TPSA) is 34.0 Å². The van der Waals surface area contributed by atoms with Crippen LogP contribution in [0, 0.1) is 11.8 Å². The second-order valence-corrected chi connectivity index (χ2v) is 8.39. The Kier molecular flexibility index (Phi) is 8.71. The van der Waals surface area contributed by atoms with Crippen LogP contribution in [0.3, 0.4) is 0 Å². The van der Waals surface area contributed by atoms with Crippen LogP contribution in [0.4, 0.5) is 13.2 Å². The molecule has 0 saturated heterocycles. The van der Waals surface area contributed by atoms with Gasteiger partial charge in [-0.2, -0.15) is 13.2 Å². The van der Waals surface area contributed by atoms with E-state index in [2.05, 4.69) is 16.8 Å². The first-order chi connectivity index (χ1) is 14.6. The van der Waals surface area contributed by atoms with E-state index in [1.54, 1.807) is 25.9 Å². The van der Waals surface area contributed by atoms with Crippen LogP contribution in [0.1, 0.15) is 58.1 Å². The number of allylic oxidation sites excluding steroid dienone is 7. The van der Waals surface area contributed by atoms with E-state index in [1.165, 1.54) is 4.57 Å². The minimum atomic E-state index is -4.51. The van der Waals surface area contributed by atoms with E-state index in [-0.39, 0.29) is 23.9 Å². The van der Waals surface area contributed by atoms with Gasteiger partial charge >= 0.3 is 6.18 Å². The summed E-state index contributed by atoms with van der Waals surface area (Å²) in [6.07, 6.45) is 7.09. The summed E-state index contributed by atoms with van der Waals surface area (Å²) in [5.41, 5.74) is 0.514. The molecule has 0 aliphatic heterocycles.